The number of aryl methyl sites for hydroxylation is 1. The fourth-order valence-corrected chi connectivity index (χ4v) is 4.94. The van der Waals surface area contributed by atoms with Gasteiger partial charge in [0.25, 0.3) is 5.91 Å². The van der Waals surface area contributed by atoms with Gasteiger partial charge in [0.2, 0.25) is 0 Å². The van der Waals surface area contributed by atoms with E-state index in [2.05, 4.69) is 28.3 Å². The van der Waals surface area contributed by atoms with Gasteiger partial charge in [-0.25, -0.2) is 14.5 Å². The van der Waals surface area contributed by atoms with E-state index in [1.807, 2.05) is 30.2 Å². The molecule has 4 aromatic rings. The molecular formula is C20H19N5OS. The van der Waals surface area contributed by atoms with Crippen LogP contribution in [0.3, 0.4) is 0 Å². The average molecular weight is 377 g/mol. The van der Waals surface area contributed by atoms with Crippen molar-refractivity contribution in [3.63, 3.8) is 0 Å². The van der Waals surface area contributed by atoms with Crippen molar-refractivity contribution < 1.29 is 4.79 Å². The van der Waals surface area contributed by atoms with Crippen molar-refractivity contribution in [1.29, 1.82) is 0 Å². The van der Waals surface area contributed by atoms with Gasteiger partial charge in [0.15, 0.2) is 5.65 Å². The van der Waals surface area contributed by atoms with E-state index < -0.39 is 0 Å². The van der Waals surface area contributed by atoms with E-state index in [9.17, 15) is 4.79 Å². The van der Waals surface area contributed by atoms with Gasteiger partial charge in [-0.05, 0) is 38.0 Å². The van der Waals surface area contributed by atoms with Crippen molar-refractivity contribution in [1.82, 2.24) is 24.5 Å². The van der Waals surface area contributed by atoms with Crippen LogP contribution in [0.5, 0.6) is 0 Å². The lowest BCUT2D eigenvalue weighted by Gasteiger charge is -2.31. The molecule has 7 heteroatoms. The van der Waals surface area contributed by atoms with Gasteiger partial charge in [-0.2, -0.15) is 5.10 Å². The minimum absolute atomic E-state index is 0.0314. The quantitative estimate of drug-likeness (QED) is 0.535. The second kappa shape index (κ2) is 6.42. The molecule has 5 rings (SSSR count). The van der Waals surface area contributed by atoms with Gasteiger partial charge >= 0.3 is 0 Å². The van der Waals surface area contributed by atoms with Gasteiger partial charge in [-0.15, -0.1) is 11.3 Å². The van der Waals surface area contributed by atoms with E-state index in [1.54, 1.807) is 22.0 Å². The monoisotopic (exact) mass is 377 g/mol. The molecule has 0 radical (unpaired) electrons. The van der Waals surface area contributed by atoms with Crippen LogP contribution in [0.25, 0.3) is 15.9 Å². The molecule has 27 heavy (non-hydrogen) atoms. The Morgan fingerprint density at radius 1 is 1.19 bits per heavy atom. The molecule has 0 bridgehead atoms. The summed E-state index contributed by atoms with van der Waals surface area (Å²) in [6.45, 7) is 3.35. The van der Waals surface area contributed by atoms with E-state index in [-0.39, 0.29) is 5.91 Å². The maximum Gasteiger partial charge on any atom is 0.259 e. The highest BCUT2D eigenvalue weighted by molar-refractivity contribution is 7.18. The Kier molecular flexibility index (Phi) is 3.89. The van der Waals surface area contributed by atoms with Crippen molar-refractivity contribution in [2.24, 2.45) is 0 Å². The number of likely N-dealkylation sites (tertiary alicyclic amines) is 1. The van der Waals surface area contributed by atoms with E-state index in [1.165, 1.54) is 9.71 Å². The first-order valence-electron chi connectivity index (χ1n) is 9.15. The highest BCUT2D eigenvalue weighted by atomic mass is 32.1. The summed E-state index contributed by atoms with van der Waals surface area (Å²) < 4.78 is 2.91. The van der Waals surface area contributed by atoms with Gasteiger partial charge in [-0.3, -0.25) is 4.79 Å². The summed E-state index contributed by atoms with van der Waals surface area (Å²) in [7, 11) is 0. The molecular weight excluding hydrogens is 358 g/mol. The van der Waals surface area contributed by atoms with Crippen LogP contribution in [0.1, 0.15) is 39.8 Å². The molecule has 0 atom stereocenters. The van der Waals surface area contributed by atoms with Crippen LogP contribution >= 0.6 is 11.3 Å². The number of carbonyl (C=O) groups excluding carboxylic acids is 1. The summed E-state index contributed by atoms with van der Waals surface area (Å²) in [6.07, 6.45) is 5.41. The largest absolute Gasteiger partial charge is 0.338 e. The molecule has 1 aliphatic rings. The van der Waals surface area contributed by atoms with Crippen LogP contribution in [-0.2, 0) is 0 Å². The van der Waals surface area contributed by atoms with Crippen LogP contribution in [0, 0.1) is 6.92 Å². The Morgan fingerprint density at radius 3 is 2.81 bits per heavy atom. The number of thiazole rings is 1. The first-order valence-corrected chi connectivity index (χ1v) is 9.97. The molecule has 136 valence electrons. The van der Waals surface area contributed by atoms with Gasteiger partial charge in [0.05, 0.1) is 20.9 Å². The zero-order valence-corrected chi connectivity index (χ0v) is 15.8. The van der Waals surface area contributed by atoms with Gasteiger partial charge in [0, 0.05) is 31.4 Å². The molecule has 0 aliphatic carbocycles. The highest BCUT2D eigenvalue weighted by Crippen LogP contribution is 2.34. The number of para-hydroxylation sites is 1. The number of piperidine rings is 1. The Balaban J connectivity index is 1.35. The van der Waals surface area contributed by atoms with Gasteiger partial charge < -0.3 is 4.90 Å². The first-order chi connectivity index (χ1) is 13.2. The molecule has 1 amide bonds. The standard InChI is InChI=1S/C20H19N5OS/c1-13-17(18-21-9-4-10-25(18)23-13)20(26)24-11-7-14(8-12-24)19-22-15-5-2-3-6-16(15)27-19/h2-6,9-10,14H,7-8,11-12H2,1H3. The Hall–Kier alpha value is -2.80. The van der Waals surface area contributed by atoms with E-state index in [4.69, 9.17) is 4.98 Å². The number of hydrogen-bond donors (Lipinski definition) is 0. The van der Waals surface area contributed by atoms with Crippen molar-refractivity contribution in [3.05, 3.63) is 59.0 Å². The van der Waals surface area contributed by atoms with Crippen LogP contribution in [0.15, 0.2) is 42.7 Å². The number of aromatic nitrogens is 4. The number of fused-ring (bicyclic) bond motifs is 2. The minimum Gasteiger partial charge on any atom is -0.338 e. The molecule has 0 spiro atoms. The number of nitrogens with zero attached hydrogens (tertiary/aromatic N) is 5. The smallest absolute Gasteiger partial charge is 0.259 e. The zero-order chi connectivity index (χ0) is 18.4. The molecule has 0 N–H and O–H groups in total. The normalized spacial score (nSPS) is 15.7. The SMILES string of the molecule is Cc1nn2cccnc2c1C(=O)N1CCC(c2nc3ccccc3s2)CC1. The molecule has 1 saturated heterocycles. The average Bonchev–Trinajstić information content (AvgIpc) is 3.27. The summed E-state index contributed by atoms with van der Waals surface area (Å²) in [4.78, 5) is 24.2. The fraction of sp³-hybridized carbons (Fsp3) is 0.300. The lowest BCUT2D eigenvalue weighted by Crippen LogP contribution is -2.38. The van der Waals surface area contributed by atoms with Crippen LogP contribution < -0.4 is 0 Å². The third kappa shape index (κ3) is 2.78. The summed E-state index contributed by atoms with van der Waals surface area (Å²) in [5.41, 5.74) is 3.05. The predicted octanol–water partition coefficient (Wildman–Crippen LogP) is 3.67. The minimum atomic E-state index is 0.0314. The highest BCUT2D eigenvalue weighted by Gasteiger charge is 2.29. The van der Waals surface area contributed by atoms with E-state index in [0.29, 0.717) is 17.1 Å². The predicted molar refractivity (Wildman–Crippen MR) is 105 cm³/mol. The van der Waals surface area contributed by atoms with Crippen LogP contribution in [0.4, 0.5) is 0 Å². The number of benzene rings is 1. The molecule has 0 unspecified atom stereocenters. The van der Waals surface area contributed by atoms with Crippen molar-refractivity contribution in [2.45, 2.75) is 25.7 Å². The Morgan fingerprint density at radius 2 is 2.00 bits per heavy atom. The summed E-state index contributed by atoms with van der Waals surface area (Å²) in [6, 6.07) is 10.1. The number of carbonyl (C=O) groups is 1. The molecule has 1 aliphatic heterocycles. The number of amides is 1. The van der Waals surface area contributed by atoms with Crippen LogP contribution in [-0.4, -0.2) is 43.5 Å². The van der Waals surface area contributed by atoms with Crippen molar-refractivity contribution in [3.8, 4) is 0 Å². The number of rotatable bonds is 2. The van der Waals surface area contributed by atoms with Crippen molar-refractivity contribution >= 4 is 33.1 Å². The number of hydrogen-bond acceptors (Lipinski definition) is 5. The summed E-state index contributed by atoms with van der Waals surface area (Å²) >= 11 is 1.78. The van der Waals surface area contributed by atoms with E-state index >= 15 is 0 Å². The maximum atomic E-state index is 13.1. The Bertz CT molecular complexity index is 1110. The maximum absolute atomic E-state index is 13.1. The zero-order valence-electron chi connectivity index (χ0n) is 15.0. The first kappa shape index (κ1) is 16.4. The van der Waals surface area contributed by atoms with Gasteiger partial charge in [0.1, 0.15) is 5.56 Å². The second-order valence-electron chi connectivity index (χ2n) is 6.93. The topological polar surface area (TPSA) is 63.4 Å². The van der Waals surface area contributed by atoms with Crippen LogP contribution in [0.2, 0.25) is 0 Å². The lowest BCUT2D eigenvalue weighted by atomic mass is 9.97. The third-order valence-corrected chi connectivity index (χ3v) is 6.42. The van der Waals surface area contributed by atoms with E-state index in [0.717, 1.165) is 37.1 Å². The molecule has 0 saturated carbocycles. The summed E-state index contributed by atoms with van der Waals surface area (Å²) in [5.74, 6) is 0.457. The summed E-state index contributed by atoms with van der Waals surface area (Å²) in [5, 5.41) is 5.61. The van der Waals surface area contributed by atoms with Crippen molar-refractivity contribution in [2.75, 3.05) is 13.1 Å². The molecule has 3 aromatic heterocycles. The molecule has 1 aromatic carbocycles. The molecule has 1 fully saturated rings. The molecule has 6 nitrogen and oxygen atoms in total. The second-order valence-corrected chi connectivity index (χ2v) is 8.00. The third-order valence-electron chi connectivity index (χ3n) is 5.23. The Labute approximate surface area is 160 Å². The van der Waals surface area contributed by atoms with Gasteiger partial charge in [-0.1, -0.05) is 12.1 Å². The lowest BCUT2D eigenvalue weighted by molar-refractivity contribution is 0.0714. The fourth-order valence-electron chi connectivity index (χ4n) is 3.80. The molecule has 4 heterocycles.